The third kappa shape index (κ3) is 3.08. The van der Waals surface area contributed by atoms with Crippen LogP contribution in [0.5, 0.6) is 11.6 Å². The molecular formula is C13H10BrClN2O3. The summed E-state index contributed by atoms with van der Waals surface area (Å²) in [4.78, 5) is 14.5. The standard InChI is InChI=1S/C13H10BrClN2O3/c1-7-4-12(8(2)3-11(7)17(18)19)20-13-10(15)5-9(14)6-16-13/h3-6H,1-2H3. The lowest BCUT2D eigenvalue weighted by atomic mass is 10.1. The fourth-order valence-corrected chi connectivity index (χ4v) is 2.33. The molecule has 1 aromatic heterocycles. The summed E-state index contributed by atoms with van der Waals surface area (Å²) in [5.41, 5.74) is 1.22. The lowest BCUT2D eigenvalue weighted by Gasteiger charge is -2.10. The van der Waals surface area contributed by atoms with Crippen LogP contribution in [-0.2, 0) is 0 Å². The summed E-state index contributed by atoms with van der Waals surface area (Å²) in [6.07, 6.45) is 1.56. The minimum atomic E-state index is -0.420. The Balaban J connectivity index is 2.39. The summed E-state index contributed by atoms with van der Waals surface area (Å²) in [5.74, 6) is 0.746. The van der Waals surface area contributed by atoms with Gasteiger partial charge in [0.15, 0.2) is 0 Å². The largest absolute Gasteiger partial charge is 0.437 e. The summed E-state index contributed by atoms with van der Waals surface area (Å²) >= 11 is 9.28. The number of hydrogen-bond donors (Lipinski definition) is 0. The van der Waals surface area contributed by atoms with Crippen molar-refractivity contribution in [3.05, 3.63) is 55.1 Å². The molecule has 104 valence electrons. The van der Waals surface area contributed by atoms with Crippen LogP contribution in [0, 0.1) is 24.0 Å². The molecule has 0 amide bonds. The van der Waals surface area contributed by atoms with Gasteiger partial charge in [-0.25, -0.2) is 4.98 Å². The predicted molar refractivity (Wildman–Crippen MR) is 79.6 cm³/mol. The normalized spacial score (nSPS) is 10.4. The highest BCUT2D eigenvalue weighted by Gasteiger charge is 2.15. The molecule has 0 aliphatic heterocycles. The Hall–Kier alpha value is -1.66. The maximum Gasteiger partial charge on any atom is 0.272 e. The van der Waals surface area contributed by atoms with E-state index >= 15 is 0 Å². The quantitative estimate of drug-likeness (QED) is 0.584. The predicted octanol–water partition coefficient (Wildman–Crippen LogP) is 4.81. The number of ether oxygens (including phenoxy) is 1. The van der Waals surface area contributed by atoms with E-state index in [4.69, 9.17) is 16.3 Å². The fraction of sp³-hybridized carbons (Fsp3) is 0.154. The molecule has 0 N–H and O–H groups in total. The van der Waals surface area contributed by atoms with E-state index in [0.717, 1.165) is 4.47 Å². The van der Waals surface area contributed by atoms with E-state index in [1.807, 2.05) is 0 Å². The number of pyridine rings is 1. The monoisotopic (exact) mass is 356 g/mol. The number of aromatic nitrogens is 1. The van der Waals surface area contributed by atoms with Crippen LogP contribution in [0.15, 0.2) is 28.9 Å². The van der Waals surface area contributed by atoms with Crippen LogP contribution >= 0.6 is 27.5 Å². The highest BCUT2D eigenvalue weighted by Crippen LogP contribution is 2.33. The number of nitrogens with zero attached hydrogens (tertiary/aromatic N) is 2. The molecule has 0 fully saturated rings. The van der Waals surface area contributed by atoms with Crippen LogP contribution in [0.25, 0.3) is 0 Å². The number of nitro groups is 1. The molecule has 0 atom stereocenters. The molecule has 0 aliphatic rings. The van der Waals surface area contributed by atoms with Gasteiger partial charge in [0, 0.05) is 22.3 Å². The highest BCUT2D eigenvalue weighted by molar-refractivity contribution is 9.10. The molecule has 1 aromatic carbocycles. The summed E-state index contributed by atoms with van der Waals surface area (Å²) in [6, 6.07) is 4.74. The third-order valence-electron chi connectivity index (χ3n) is 2.67. The first-order valence-electron chi connectivity index (χ1n) is 5.63. The summed E-state index contributed by atoms with van der Waals surface area (Å²) in [6.45, 7) is 3.38. The van der Waals surface area contributed by atoms with Gasteiger partial charge in [-0.15, -0.1) is 0 Å². The summed E-state index contributed by atoms with van der Waals surface area (Å²) in [5, 5.41) is 11.2. The van der Waals surface area contributed by atoms with Crippen LogP contribution < -0.4 is 4.74 Å². The molecule has 0 spiro atoms. The molecule has 0 saturated carbocycles. The number of rotatable bonds is 3. The van der Waals surface area contributed by atoms with Crippen molar-refractivity contribution >= 4 is 33.2 Å². The second-order valence-corrected chi connectivity index (χ2v) is 5.53. The van der Waals surface area contributed by atoms with Gasteiger partial charge in [-0.05, 0) is 47.5 Å². The number of halogens is 2. The molecular weight excluding hydrogens is 348 g/mol. The number of nitro benzene ring substituents is 1. The zero-order valence-electron chi connectivity index (χ0n) is 10.7. The van der Waals surface area contributed by atoms with Crippen LogP contribution in [0.2, 0.25) is 5.02 Å². The molecule has 20 heavy (non-hydrogen) atoms. The van der Waals surface area contributed by atoms with Crippen molar-refractivity contribution < 1.29 is 9.66 Å². The van der Waals surface area contributed by atoms with Crippen molar-refractivity contribution in [3.63, 3.8) is 0 Å². The molecule has 1 heterocycles. The zero-order valence-corrected chi connectivity index (χ0v) is 13.0. The van der Waals surface area contributed by atoms with Gasteiger partial charge in [0.1, 0.15) is 10.8 Å². The molecule has 5 nitrogen and oxygen atoms in total. The molecule has 2 rings (SSSR count). The van der Waals surface area contributed by atoms with Crippen molar-refractivity contribution in [1.82, 2.24) is 4.98 Å². The first kappa shape index (κ1) is 14.7. The second kappa shape index (κ2) is 5.76. The van der Waals surface area contributed by atoms with Crippen molar-refractivity contribution in [3.8, 4) is 11.6 Å². The van der Waals surface area contributed by atoms with Crippen LogP contribution in [-0.4, -0.2) is 9.91 Å². The van der Waals surface area contributed by atoms with Gasteiger partial charge in [-0.2, -0.15) is 0 Å². The Kier molecular flexibility index (Phi) is 4.25. The highest BCUT2D eigenvalue weighted by atomic mass is 79.9. The van der Waals surface area contributed by atoms with Crippen LogP contribution in [0.1, 0.15) is 11.1 Å². The lowest BCUT2D eigenvalue weighted by molar-refractivity contribution is -0.385. The summed E-state index contributed by atoms with van der Waals surface area (Å²) < 4.78 is 6.37. The van der Waals surface area contributed by atoms with E-state index in [2.05, 4.69) is 20.9 Å². The second-order valence-electron chi connectivity index (χ2n) is 4.20. The molecule has 0 bridgehead atoms. The van der Waals surface area contributed by atoms with Crippen molar-refractivity contribution in [2.45, 2.75) is 13.8 Å². The van der Waals surface area contributed by atoms with Crippen molar-refractivity contribution in [2.24, 2.45) is 0 Å². The Morgan fingerprint density at radius 3 is 2.60 bits per heavy atom. The number of hydrogen-bond acceptors (Lipinski definition) is 4. The third-order valence-corrected chi connectivity index (χ3v) is 3.38. The number of benzene rings is 1. The molecule has 7 heteroatoms. The number of aryl methyl sites for hydroxylation is 2. The molecule has 0 radical (unpaired) electrons. The minimum absolute atomic E-state index is 0.0599. The van der Waals surface area contributed by atoms with Gasteiger partial charge in [0.05, 0.1) is 4.92 Å². The average Bonchev–Trinajstić information content (AvgIpc) is 2.36. The van der Waals surface area contributed by atoms with Gasteiger partial charge in [-0.3, -0.25) is 10.1 Å². The van der Waals surface area contributed by atoms with Gasteiger partial charge in [-0.1, -0.05) is 11.6 Å². The smallest absolute Gasteiger partial charge is 0.272 e. The fourth-order valence-electron chi connectivity index (χ4n) is 1.66. The first-order valence-corrected chi connectivity index (χ1v) is 6.80. The topological polar surface area (TPSA) is 65.3 Å². The van der Waals surface area contributed by atoms with E-state index in [1.54, 1.807) is 32.2 Å². The molecule has 0 saturated heterocycles. The van der Waals surface area contributed by atoms with Crippen LogP contribution in [0.4, 0.5) is 5.69 Å². The maximum atomic E-state index is 10.9. The zero-order chi connectivity index (χ0) is 14.9. The van der Waals surface area contributed by atoms with E-state index in [0.29, 0.717) is 21.9 Å². The van der Waals surface area contributed by atoms with Crippen molar-refractivity contribution in [1.29, 1.82) is 0 Å². The van der Waals surface area contributed by atoms with Crippen LogP contribution in [0.3, 0.4) is 0 Å². The Morgan fingerprint density at radius 2 is 2.00 bits per heavy atom. The SMILES string of the molecule is Cc1cc([N+](=O)[O-])c(C)cc1Oc1ncc(Br)cc1Cl. The Bertz CT molecular complexity index is 692. The van der Waals surface area contributed by atoms with E-state index in [-0.39, 0.29) is 11.6 Å². The summed E-state index contributed by atoms with van der Waals surface area (Å²) in [7, 11) is 0. The molecule has 0 aliphatic carbocycles. The van der Waals surface area contributed by atoms with Gasteiger partial charge in [0.2, 0.25) is 5.88 Å². The van der Waals surface area contributed by atoms with Gasteiger partial charge >= 0.3 is 0 Å². The molecule has 0 unspecified atom stereocenters. The van der Waals surface area contributed by atoms with Crippen molar-refractivity contribution in [2.75, 3.05) is 0 Å². The Morgan fingerprint density at radius 1 is 1.30 bits per heavy atom. The van der Waals surface area contributed by atoms with E-state index in [9.17, 15) is 10.1 Å². The van der Waals surface area contributed by atoms with Gasteiger partial charge < -0.3 is 4.74 Å². The maximum absolute atomic E-state index is 10.9. The van der Waals surface area contributed by atoms with E-state index < -0.39 is 4.92 Å². The first-order chi connectivity index (χ1) is 9.38. The Labute approximate surface area is 128 Å². The lowest BCUT2D eigenvalue weighted by Crippen LogP contribution is -1.96. The average molecular weight is 358 g/mol. The molecule has 2 aromatic rings. The minimum Gasteiger partial charge on any atom is -0.437 e. The van der Waals surface area contributed by atoms with Gasteiger partial charge in [0.25, 0.3) is 5.69 Å². The van der Waals surface area contributed by atoms with E-state index in [1.165, 1.54) is 6.07 Å².